The van der Waals surface area contributed by atoms with Crippen LogP contribution in [0.15, 0.2) is 34.2 Å². The summed E-state index contributed by atoms with van der Waals surface area (Å²) in [6.45, 7) is 3.39. The van der Waals surface area contributed by atoms with Gasteiger partial charge in [-0.25, -0.2) is 0 Å². The lowest BCUT2D eigenvalue weighted by molar-refractivity contribution is 0.164. The zero-order chi connectivity index (χ0) is 11.9. The lowest BCUT2D eigenvalue weighted by Gasteiger charge is -1.97. The van der Waals surface area contributed by atoms with Crippen molar-refractivity contribution in [2.75, 3.05) is 19.0 Å². The molecule has 2 rings (SSSR count). The average molecular weight is 251 g/mol. The van der Waals surface area contributed by atoms with E-state index in [0.29, 0.717) is 17.7 Å². The van der Waals surface area contributed by atoms with Crippen molar-refractivity contribution in [3.05, 3.63) is 24.5 Å². The van der Waals surface area contributed by atoms with Crippen LogP contribution in [-0.4, -0.2) is 34.1 Å². The van der Waals surface area contributed by atoms with E-state index in [1.807, 2.05) is 19.1 Å². The van der Waals surface area contributed by atoms with Crippen LogP contribution in [0.3, 0.4) is 0 Å². The van der Waals surface area contributed by atoms with Crippen LogP contribution in [0.25, 0.3) is 11.5 Å². The molecule has 0 bridgehead atoms. The molecule has 2 aromatic rings. The summed E-state index contributed by atoms with van der Waals surface area (Å²) in [5, 5.41) is 8.51. The zero-order valence-electron chi connectivity index (χ0n) is 9.50. The van der Waals surface area contributed by atoms with Crippen molar-refractivity contribution >= 4 is 11.8 Å². The van der Waals surface area contributed by atoms with Crippen molar-refractivity contribution in [3.63, 3.8) is 0 Å². The summed E-state index contributed by atoms with van der Waals surface area (Å²) in [7, 11) is 0. The van der Waals surface area contributed by atoms with E-state index in [-0.39, 0.29) is 0 Å². The minimum absolute atomic E-state index is 0.520. The molecule has 0 saturated heterocycles. The standard InChI is InChI=1S/C11H13N3O2S/c1-2-15-7-8-17-11-14-13-10(16-11)9-3-5-12-6-4-9/h3-6H,2,7-8H2,1H3. The van der Waals surface area contributed by atoms with Gasteiger partial charge in [0.15, 0.2) is 0 Å². The molecule has 0 N–H and O–H groups in total. The van der Waals surface area contributed by atoms with E-state index in [1.165, 1.54) is 11.8 Å². The Morgan fingerprint density at radius 2 is 2.12 bits per heavy atom. The Morgan fingerprint density at radius 1 is 1.29 bits per heavy atom. The zero-order valence-corrected chi connectivity index (χ0v) is 10.3. The van der Waals surface area contributed by atoms with Gasteiger partial charge in [0.2, 0.25) is 5.89 Å². The average Bonchev–Trinajstić information content (AvgIpc) is 2.85. The molecule has 0 unspecified atom stereocenters. The van der Waals surface area contributed by atoms with E-state index >= 15 is 0 Å². The molecule has 0 amide bonds. The van der Waals surface area contributed by atoms with E-state index in [1.54, 1.807) is 12.4 Å². The third-order valence-corrected chi connectivity index (χ3v) is 2.77. The maximum absolute atomic E-state index is 5.51. The van der Waals surface area contributed by atoms with E-state index in [2.05, 4.69) is 15.2 Å². The molecule has 2 heterocycles. The molecule has 0 aliphatic heterocycles. The first kappa shape index (κ1) is 12.1. The SMILES string of the molecule is CCOCCSc1nnc(-c2ccncc2)o1. The van der Waals surface area contributed by atoms with Gasteiger partial charge >= 0.3 is 0 Å². The van der Waals surface area contributed by atoms with Crippen LogP contribution in [0.2, 0.25) is 0 Å². The van der Waals surface area contributed by atoms with Crippen molar-refractivity contribution in [1.82, 2.24) is 15.2 Å². The van der Waals surface area contributed by atoms with E-state index in [4.69, 9.17) is 9.15 Å². The Balaban J connectivity index is 1.92. The quantitative estimate of drug-likeness (QED) is 0.579. The highest BCUT2D eigenvalue weighted by atomic mass is 32.2. The fraction of sp³-hybridized carbons (Fsp3) is 0.364. The van der Waals surface area contributed by atoms with Crippen molar-refractivity contribution in [3.8, 4) is 11.5 Å². The molecule has 0 aromatic carbocycles. The second-order valence-electron chi connectivity index (χ2n) is 3.15. The first-order valence-corrected chi connectivity index (χ1v) is 6.33. The molecule has 0 atom stereocenters. The van der Waals surface area contributed by atoms with Gasteiger partial charge in [0, 0.05) is 30.3 Å². The summed E-state index contributed by atoms with van der Waals surface area (Å²) in [5.41, 5.74) is 0.879. The number of thioether (sulfide) groups is 1. The Morgan fingerprint density at radius 3 is 2.88 bits per heavy atom. The molecule has 6 heteroatoms. The summed E-state index contributed by atoms with van der Waals surface area (Å²) < 4.78 is 10.7. The minimum Gasteiger partial charge on any atom is -0.411 e. The molecule has 17 heavy (non-hydrogen) atoms. The number of pyridine rings is 1. The highest BCUT2D eigenvalue weighted by molar-refractivity contribution is 7.99. The minimum atomic E-state index is 0.520. The van der Waals surface area contributed by atoms with E-state index < -0.39 is 0 Å². The normalized spacial score (nSPS) is 10.6. The van der Waals surface area contributed by atoms with Crippen LogP contribution in [-0.2, 0) is 4.74 Å². The van der Waals surface area contributed by atoms with E-state index in [0.717, 1.165) is 17.9 Å². The van der Waals surface area contributed by atoms with Crippen LogP contribution in [0, 0.1) is 0 Å². The number of hydrogen-bond donors (Lipinski definition) is 0. The van der Waals surface area contributed by atoms with Crippen molar-refractivity contribution < 1.29 is 9.15 Å². The summed E-state index contributed by atoms with van der Waals surface area (Å²) in [4.78, 5) is 3.94. The first-order chi connectivity index (χ1) is 8.40. The van der Waals surface area contributed by atoms with Crippen molar-refractivity contribution in [2.45, 2.75) is 12.1 Å². The predicted octanol–water partition coefficient (Wildman–Crippen LogP) is 2.26. The molecule has 5 nitrogen and oxygen atoms in total. The lowest BCUT2D eigenvalue weighted by Crippen LogP contribution is -1.95. The van der Waals surface area contributed by atoms with Gasteiger partial charge in [0.25, 0.3) is 5.22 Å². The second kappa shape index (κ2) is 6.36. The summed E-state index contributed by atoms with van der Waals surface area (Å²) >= 11 is 1.49. The molecule has 0 fully saturated rings. The highest BCUT2D eigenvalue weighted by Gasteiger charge is 2.08. The Hall–Kier alpha value is -1.40. The van der Waals surface area contributed by atoms with Gasteiger partial charge in [-0.2, -0.15) is 0 Å². The Kier molecular flexibility index (Phi) is 4.52. The summed E-state index contributed by atoms with van der Waals surface area (Å²) in [6.07, 6.45) is 3.39. The lowest BCUT2D eigenvalue weighted by atomic mass is 10.3. The maximum atomic E-state index is 5.51. The van der Waals surface area contributed by atoms with Crippen molar-refractivity contribution in [2.24, 2.45) is 0 Å². The fourth-order valence-corrected chi connectivity index (χ4v) is 1.82. The monoisotopic (exact) mass is 251 g/mol. The van der Waals surface area contributed by atoms with Crippen molar-refractivity contribution in [1.29, 1.82) is 0 Å². The topological polar surface area (TPSA) is 61.0 Å². The molecular weight excluding hydrogens is 238 g/mol. The molecule has 0 aliphatic carbocycles. The molecule has 0 spiro atoms. The Labute approximate surface area is 104 Å². The molecule has 90 valence electrons. The first-order valence-electron chi connectivity index (χ1n) is 5.34. The van der Waals surface area contributed by atoms with Gasteiger partial charge in [-0.3, -0.25) is 4.98 Å². The third-order valence-electron chi connectivity index (χ3n) is 1.99. The number of aromatic nitrogens is 3. The molecule has 0 aliphatic rings. The molecule has 0 radical (unpaired) electrons. The maximum Gasteiger partial charge on any atom is 0.276 e. The van der Waals surface area contributed by atoms with Gasteiger partial charge in [0.1, 0.15) is 0 Å². The van der Waals surface area contributed by atoms with Crippen LogP contribution >= 0.6 is 11.8 Å². The molecule has 2 aromatic heterocycles. The van der Waals surface area contributed by atoms with Gasteiger partial charge in [-0.05, 0) is 19.1 Å². The van der Waals surface area contributed by atoms with Crippen LogP contribution in [0.5, 0.6) is 0 Å². The predicted molar refractivity (Wildman–Crippen MR) is 64.7 cm³/mol. The van der Waals surface area contributed by atoms with Gasteiger partial charge in [0.05, 0.1) is 6.61 Å². The summed E-state index contributed by atoms with van der Waals surface area (Å²) in [5.74, 6) is 1.33. The number of rotatable bonds is 6. The van der Waals surface area contributed by atoms with Gasteiger partial charge in [-0.15, -0.1) is 10.2 Å². The second-order valence-corrected chi connectivity index (χ2v) is 4.20. The Bertz CT molecular complexity index is 447. The number of hydrogen-bond acceptors (Lipinski definition) is 6. The third kappa shape index (κ3) is 3.54. The fourth-order valence-electron chi connectivity index (χ4n) is 1.21. The number of nitrogens with zero attached hydrogens (tertiary/aromatic N) is 3. The van der Waals surface area contributed by atoms with Gasteiger partial charge in [-0.1, -0.05) is 11.8 Å². The largest absolute Gasteiger partial charge is 0.411 e. The van der Waals surface area contributed by atoms with Crippen LogP contribution in [0.1, 0.15) is 6.92 Å². The smallest absolute Gasteiger partial charge is 0.276 e. The van der Waals surface area contributed by atoms with Crippen LogP contribution in [0.4, 0.5) is 0 Å². The highest BCUT2D eigenvalue weighted by Crippen LogP contribution is 2.22. The summed E-state index contributed by atoms with van der Waals surface area (Å²) in [6, 6.07) is 3.67. The number of ether oxygens (including phenoxy) is 1. The molecular formula is C11H13N3O2S. The van der Waals surface area contributed by atoms with Gasteiger partial charge < -0.3 is 9.15 Å². The van der Waals surface area contributed by atoms with E-state index in [9.17, 15) is 0 Å². The van der Waals surface area contributed by atoms with Crippen LogP contribution < -0.4 is 0 Å². The molecule has 0 saturated carbocycles.